The minimum absolute atomic E-state index is 0.0787. The summed E-state index contributed by atoms with van der Waals surface area (Å²) in [5.74, 6) is 2.79. The Kier molecular flexibility index (Phi) is 5.23. The van der Waals surface area contributed by atoms with E-state index in [1.165, 1.54) is 25.7 Å². The van der Waals surface area contributed by atoms with Gasteiger partial charge in [0.25, 0.3) is 0 Å². The van der Waals surface area contributed by atoms with E-state index in [1.807, 2.05) is 12.4 Å². The van der Waals surface area contributed by atoms with Crippen molar-refractivity contribution in [3.63, 3.8) is 0 Å². The van der Waals surface area contributed by atoms with Crippen molar-refractivity contribution in [3.05, 3.63) is 18.1 Å². The van der Waals surface area contributed by atoms with Gasteiger partial charge in [-0.05, 0) is 24.7 Å². The van der Waals surface area contributed by atoms with Gasteiger partial charge in [0.2, 0.25) is 0 Å². The molecule has 0 N–H and O–H groups in total. The minimum Gasteiger partial charge on any atom is -0.355 e. The molecular weight excluding hydrogens is 258 g/mol. The third-order valence-electron chi connectivity index (χ3n) is 4.50. The first-order chi connectivity index (χ1) is 9.86. The van der Waals surface area contributed by atoms with Crippen LogP contribution in [0.3, 0.4) is 0 Å². The zero-order chi connectivity index (χ0) is 15.5. The predicted octanol–water partition coefficient (Wildman–Crippen LogP) is 4.43. The van der Waals surface area contributed by atoms with Crippen molar-refractivity contribution in [3.8, 4) is 0 Å². The first kappa shape index (κ1) is 16.3. The molecule has 0 radical (unpaired) electrons. The van der Waals surface area contributed by atoms with Crippen LogP contribution in [0.25, 0.3) is 0 Å². The number of anilines is 1. The molecule has 2 heterocycles. The molecule has 0 spiro atoms. The third kappa shape index (κ3) is 4.69. The van der Waals surface area contributed by atoms with Gasteiger partial charge in [0.05, 0.1) is 18.1 Å². The maximum atomic E-state index is 4.63. The Bertz CT molecular complexity index is 423. The van der Waals surface area contributed by atoms with Crippen molar-refractivity contribution < 1.29 is 0 Å². The highest BCUT2D eigenvalue weighted by atomic mass is 15.2. The van der Waals surface area contributed by atoms with Crippen LogP contribution in [0, 0.1) is 11.8 Å². The molecule has 2 rings (SSSR count). The highest BCUT2D eigenvalue weighted by Gasteiger charge is 2.21. The fraction of sp³-hybridized carbons (Fsp3) is 0.778. The van der Waals surface area contributed by atoms with Gasteiger partial charge in [-0.2, -0.15) is 0 Å². The summed E-state index contributed by atoms with van der Waals surface area (Å²) >= 11 is 0. The van der Waals surface area contributed by atoms with Gasteiger partial charge in [-0.1, -0.05) is 47.5 Å². The van der Waals surface area contributed by atoms with E-state index in [9.17, 15) is 0 Å². The predicted molar refractivity (Wildman–Crippen MR) is 89.7 cm³/mol. The van der Waals surface area contributed by atoms with Gasteiger partial charge in [0, 0.05) is 18.5 Å². The van der Waals surface area contributed by atoms with E-state index in [-0.39, 0.29) is 5.41 Å². The fourth-order valence-corrected chi connectivity index (χ4v) is 2.89. The molecule has 1 saturated heterocycles. The molecular formula is C18H31N3. The lowest BCUT2D eigenvalue weighted by Crippen LogP contribution is -2.34. The highest BCUT2D eigenvalue weighted by Crippen LogP contribution is 2.27. The average molecular weight is 289 g/mol. The summed E-state index contributed by atoms with van der Waals surface area (Å²) in [6, 6.07) is 0. The number of nitrogens with zero attached hydrogens (tertiary/aromatic N) is 3. The van der Waals surface area contributed by atoms with Gasteiger partial charge in [0.15, 0.2) is 0 Å². The van der Waals surface area contributed by atoms with Crippen LogP contribution in [0.2, 0.25) is 0 Å². The molecule has 1 fully saturated rings. The van der Waals surface area contributed by atoms with Gasteiger partial charge >= 0.3 is 0 Å². The van der Waals surface area contributed by atoms with Crippen molar-refractivity contribution >= 4 is 5.82 Å². The quantitative estimate of drug-likeness (QED) is 0.821. The van der Waals surface area contributed by atoms with Crippen molar-refractivity contribution in [2.24, 2.45) is 11.8 Å². The van der Waals surface area contributed by atoms with E-state index in [4.69, 9.17) is 0 Å². The summed E-state index contributed by atoms with van der Waals surface area (Å²) in [7, 11) is 0. The van der Waals surface area contributed by atoms with E-state index >= 15 is 0 Å². The Morgan fingerprint density at radius 3 is 2.29 bits per heavy atom. The van der Waals surface area contributed by atoms with Crippen LogP contribution in [-0.4, -0.2) is 23.1 Å². The van der Waals surface area contributed by atoms with E-state index in [0.717, 1.165) is 36.4 Å². The summed E-state index contributed by atoms with van der Waals surface area (Å²) in [4.78, 5) is 11.6. The molecule has 0 amide bonds. The Balaban J connectivity index is 1.87. The first-order valence-electron chi connectivity index (χ1n) is 8.43. The molecule has 21 heavy (non-hydrogen) atoms. The lowest BCUT2D eigenvalue weighted by molar-refractivity contribution is 0.350. The Morgan fingerprint density at radius 1 is 1.14 bits per heavy atom. The van der Waals surface area contributed by atoms with Crippen LogP contribution < -0.4 is 4.90 Å². The summed E-state index contributed by atoms with van der Waals surface area (Å²) in [6.07, 6.45) is 9.25. The van der Waals surface area contributed by atoms with Crippen molar-refractivity contribution in [2.45, 2.75) is 65.7 Å². The van der Waals surface area contributed by atoms with Gasteiger partial charge in [0.1, 0.15) is 5.82 Å². The van der Waals surface area contributed by atoms with Crippen LogP contribution in [0.15, 0.2) is 12.4 Å². The van der Waals surface area contributed by atoms with Crippen LogP contribution in [-0.2, 0) is 5.41 Å². The Labute approximate surface area is 130 Å². The summed E-state index contributed by atoms with van der Waals surface area (Å²) in [5.41, 5.74) is 1.15. The van der Waals surface area contributed by atoms with Crippen LogP contribution >= 0.6 is 0 Å². The standard InChI is InChI=1S/C18H31N3/c1-14(2)6-7-15-8-10-21(11-9-15)17-13-19-16(12-20-17)18(3,4)5/h12-15H,6-11H2,1-5H3. The van der Waals surface area contributed by atoms with Crippen LogP contribution in [0.4, 0.5) is 5.82 Å². The van der Waals surface area contributed by atoms with Gasteiger partial charge < -0.3 is 4.90 Å². The normalized spacial score (nSPS) is 17.5. The summed E-state index contributed by atoms with van der Waals surface area (Å²) in [5, 5.41) is 0. The van der Waals surface area contributed by atoms with E-state index < -0.39 is 0 Å². The van der Waals surface area contributed by atoms with Crippen molar-refractivity contribution in [1.82, 2.24) is 9.97 Å². The largest absolute Gasteiger partial charge is 0.355 e. The highest BCUT2D eigenvalue weighted by molar-refractivity contribution is 5.36. The topological polar surface area (TPSA) is 29.0 Å². The summed E-state index contributed by atoms with van der Waals surface area (Å²) in [6.45, 7) is 13.4. The molecule has 0 aromatic carbocycles. The Morgan fingerprint density at radius 2 is 1.81 bits per heavy atom. The molecule has 1 aliphatic rings. The number of hydrogen-bond acceptors (Lipinski definition) is 3. The zero-order valence-corrected chi connectivity index (χ0v) is 14.4. The SMILES string of the molecule is CC(C)CCC1CCN(c2cnc(C(C)(C)C)cn2)CC1. The molecule has 1 aromatic heterocycles. The fourth-order valence-electron chi connectivity index (χ4n) is 2.89. The van der Waals surface area contributed by atoms with Gasteiger partial charge in [-0.25, -0.2) is 4.98 Å². The van der Waals surface area contributed by atoms with Crippen molar-refractivity contribution in [1.29, 1.82) is 0 Å². The average Bonchev–Trinajstić information content (AvgIpc) is 2.45. The van der Waals surface area contributed by atoms with Crippen molar-refractivity contribution in [2.75, 3.05) is 18.0 Å². The van der Waals surface area contributed by atoms with Gasteiger partial charge in [-0.3, -0.25) is 4.98 Å². The second-order valence-electron chi connectivity index (χ2n) is 7.91. The molecule has 3 nitrogen and oxygen atoms in total. The molecule has 0 bridgehead atoms. The second kappa shape index (κ2) is 6.76. The van der Waals surface area contributed by atoms with E-state index in [2.05, 4.69) is 49.5 Å². The maximum absolute atomic E-state index is 4.63. The lowest BCUT2D eigenvalue weighted by Gasteiger charge is -2.33. The second-order valence-corrected chi connectivity index (χ2v) is 7.91. The zero-order valence-electron chi connectivity index (χ0n) is 14.4. The monoisotopic (exact) mass is 289 g/mol. The number of hydrogen-bond donors (Lipinski definition) is 0. The maximum Gasteiger partial charge on any atom is 0.147 e. The molecule has 0 atom stereocenters. The number of aromatic nitrogens is 2. The Hall–Kier alpha value is -1.12. The molecule has 118 valence electrons. The van der Waals surface area contributed by atoms with E-state index in [0.29, 0.717) is 0 Å². The molecule has 0 unspecified atom stereocenters. The van der Waals surface area contributed by atoms with E-state index in [1.54, 1.807) is 0 Å². The third-order valence-corrected chi connectivity index (χ3v) is 4.50. The molecule has 3 heteroatoms. The smallest absolute Gasteiger partial charge is 0.147 e. The number of rotatable bonds is 4. The molecule has 0 saturated carbocycles. The molecule has 0 aliphatic carbocycles. The number of piperidine rings is 1. The summed E-state index contributed by atoms with van der Waals surface area (Å²) < 4.78 is 0. The molecule has 1 aromatic rings. The first-order valence-corrected chi connectivity index (χ1v) is 8.43. The minimum atomic E-state index is 0.0787. The van der Waals surface area contributed by atoms with Crippen LogP contribution in [0.5, 0.6) is 0 Å². The van der Waals surface area contributed by atoms with Gasteiger partial charge in [-0.15, -0.1) is 0 Å². The lowest BCUT2D eigenvalue weighted by atomic mass is 9.89. The van der Waals surface area contributed by atoms with Crippen LogP contribution in [0.1, 0.15) is 66.0 Å². The molecule has 1 aliphatic heterocycles.